The van der Waals surface area contributed by atoms with Crippen LogP contribution in [0, 0.1) is 0 Å². The third-order valence-corrected chi connectivity index (χ3v) is 3.02. The Hall–Kier alpha value is -2.39. The zero-order valence-corrected chi connectivity index (χ0v) is 10.4. The highest BCUT2D eigenvalue weighted by Gasteiger charge is 2.10. The van der Waals surface area contributed by atoms with Crippen molar-refractivity contribution in [1.29, 1.82) is 0 Å². The SMILES string of the molecule is Nc1cc(Nc2cccc(S(=O)(=O)O)c2)nc(N)n1. The Labute approximate surface area is 109 Å². The summed E-state index contributed by atoms with van der Waals surface area (Å²) in [4.78, 5) is 7.36. The largest absolute Gasteiger partial charge is 0.383 e. The summed E-state index contributed by atoms with van der Waals surface area (Å²) in [5, 5.41) is 2.81. The van der Waals surface area contributed by atoms with Crippen LogP contribution in [0.4, 0.5) is 23.3 Å². The Morgan fingerprint density at radius 3 is 2.53 bits per heavy atom. The highest BCUT2D eigenvalue weighted by atomic mass is 32.2. The number of nitrogens with two attached hydrogens (primary N) is 2. The van der Waals surface area contributed by atoms with Gasteiger partial charge in [-0.05, 0) is 18.2 Å². The van der Waals surface area contributed by atoms with Gasteiger partial charge in [0.05, 0.1) is 4.90 Å². The van der Waals surface area contributed by atoms with E-state index in [0.717, 1.165) is 0 Å². The molecule has 0 aliphatic carbocycles. The van der Waals surface area contributed by atoms with Gasteiger partial charge < -0.3 is 16.8 Å². The lowest BCUT2D eigenvalue weighted by Crippen LogP contribution is -2.03. The molecule has 2 rings (SSSR count). The number of benzene rings is 1. The minimum absolute atomic E-state index is 0.00608. The minimum atomic E-state index is -4.26. The summed E-state index contributed by atoms with van der Waals surface area (Å²) in [6, 6.07) is 7.03. The Morgan fingerprint density at radius 1 is 1.16 bits per heavy atom. The molecule has 100 valence electrons. The van der Waals surface area contributed by atoms with Gasteiger partial charge in [-0.2, -0.15) is 18.4 Å². The molecule has 6 N–H and O–H groups in total. The fourth-order valence-electron chi connectivity index (χ4n) is 1.43. The van der Waals surface area contributed by atoms with E-state index in [9.17, 15) is 8.42 Å². The zero-order chi connectivity index (χ0) is 14.0. The lowest BCUT2D eigenvalue weighted by Gasteiger charge is -2.07. The predicted octanol–water partition coefficient (Wildman–Crippen LogP) is 0.631. The van der Waals surface area contributed by atoms with Crippen molar-refractivity contribution in [2.24, 2.45) is 0 Å². The Balaban J connectivity index is 2.33. The van der Waals surface area contributed by atoms with E-state index in [-0.39, 0.29) is 16.7 Å². The third-order valence-electron chi connectivity index (χ3n) is 2.17. The summed E-state index contributed by atoms with van der Waals surface area (Å²) < 4.78 is 31.0. The molecule has 0 saturated heterocycles. The average Bonchev–Trinajstić information content (AvgIpc) is 2.26. The average molecular weight is 281 g/mol. The summed E-state index contributed by atoms with van der Waals surface area (Å²) in [5.74, 6) is 0.492. The monoisotopic (exact) mass is 281 g/mol. The molecule has 1 heterocycles. The topological polar surface area (TPSA) is 144 Å². The number of nitrogen functional groups attached to an aromatic ring is 2. The van der Waals surface area contributed by atoms with E-state index < -0.39 is 10.1 Å². The lowest BCUT2D eigenvalue weighted by molar-refractivity contribution is 0.483. The van der Waals surface area contributed by atoms with Gasteiger partial charge in [0.2, 0.25) is 5.95 Å². The first-order chi connectivity index (χ1) is 8.84. The minimum Gasteiger partial charge on any atom is -0.383 e. The molecule has 0 radical (unpaired) electrons. The predicted molar refractivity (Wildman–Crippen MR) is 70.4 cm³/mol. The second kappa shape index (κ2) is 4.71. The summed E-state index contributed by atoms with van der Waals surface area (Å²) in [6.45, 7) is 0. The van der Waals surface area contributed by atoms with Crippen LogP contribution in [0.15, 0.2) is 35.2 Å². The van der Waals surface area contributed by atoms with E-state index in [2.05, 4.69) is 15.3 Å². The van der Waals surface area contributed by atoms with Crippen LogP contribution in [0.5, 0.6) is 0 Å². The van der Waals surface area contributed by atoms with Crippen molar-refractivity contribution in [2.75, 3.05) is 16.8 Å². The molecule has 0 atom stereocenters. The van der Waals surface area contributed by atoms with E-state index in [1.165, 1.54) is 24.3 Å². The van der Waals surface area contributed by atoms with Gasteiger partial charge in [-0.15, -0.1) is 0 Å². The molecule has 0 unspecified atom stereocenters. The van der Waals surface area contributed by atoms with Gasteiger partial charge in [0.15, 0.2) is 0 Å². The van der Waals surface area contributed by atoms with Crippen LogP contribution in [-0.4, -0.2) is 22.9 Å². The van der Waals surface area contributed by atoms with Crippen LogP contribution in [0.1, 0.15) is 0 Å². The number of hydrogen-bond acceptors (Lipinski definition) is 7. The van der Waals surface area contributed by atoms with Gasteiger partial charge in [-0.3, -0.25) is 4.55 Å². The molecule has 8 nitrogen and oxygen atoms in total. The Bertz CT molecular complexity index is 697. The number of nitrogens with one attached hydrogen (secondary N) is 1. The second-order valence-electron chi connectivity index (χ2n) is 3.66. The smallest absolute Gasteiger partial charge is 0.294 e. The molecule has 0 amide bonds. The van der Waals surface area contributed by atoms with Crippen molar-refractivity contribution in [2.45, 2.75) is 4.90 Å². The molecule has 0 bridgehead atoms. The molecular formula is C10H11N5O3S. The maximum absolute atomic E-state index is 11.0. The molecule has 0 saturated carbocycles. The van der Waals surface area contributed by atoms with Crippen LogP contribution >= 0.6 is 0 Å². The quantitative estimate of drug-likeness (QED) is 0.599. The fourth-order valence-corrected chi connectivity index (χ4v) is 1.96. The number of anilines is 4. The van der Waals surface area contributed by atoms with Crippen LogP contribution < -0.4 is 16.8 Å². The molecule has 0 fully saturated rings. The molecule has 0 aliphatic heterocycles. The van der Waals surface area contributed by atoms with Gasteiger partial charge in [0, 0.05) is 11.8 Å². The number of aromatic nitrogens is 2. The highest BCUT2D eigenvalue weighted by Crippen LogP contribution is 2.20. The lowest BCUT2D eigenvalue weighted by atomic mass is 10.3. The maximum Gasteiger partial charge on any atom is 0.294 e. The number of rotatable bonds is 3. The zero-order valence-electron chi connectivity index (χ0n) is 9.61. The first kappa shape index (κ1) is 13.1. The van der Waals surface area contributed by atoms with E-state index in [4.69, 9.17) is 16.0 Å². The van der Waals surface area contributed by atoms with Crippen LogP contribution in [0.2, 0.25) is 0 Å². The number of nitrogens with zero attached hydrogens (tertiary/aromatic N) is 2. The Kier molecular flexibility index (Phi) is 3.23. The second-order valence-corrected chi connectivity index (χ2v) is 5.09. The third kappa shape index (κ3) is 3.30. The van der Waals surface area contributed by atoms with Gasteiger partial charge in [-0.1, -0.05) is 6.07 Å². The Morgan fingerprint density at radius 2 is 1.89 bits per heavy atom. The molecule has 2 aromatic rings. The maximum atomic E-state index is 11.0. The van der Waals surface area contributed by atoms with E-state index in [1.54, 1.807) is 6.07 Å². The normalized spacial score (nSPS) is 11.2. The summed E-state index contributed by atoms with van der Waals surface area (Å²) in [5.41, 5.74) is 11.3. The molecule has 0 spiro atoms. The van der Waals surface area contributed by atoms with Crippen molar-refractivity contribution < 1.29 is 13.0 Å². The van der Waals surface area contributed by atoms with Crippen molar-refractivity contribution in [1.82, 2.24) is 9.97 Å². The fraction of sp³-hybridized carbons (Fsp3) is 0. The van der Waals surface area contributed by atoms with E-state index in [1.807, 2.05) is 0 Å². The first-order valence-electron chi connectivity index (χ1n) is 5.09. The van der Waals surface area contributed by atoms with Crippen LogP contribution in [0.3, 0.4) is 0 Å². The molecule has 0 aliphatic rings. The standard InChI is InChI=1S/C10H11N5O3S/c11-8-5-9(15-10(12)14-8)13-6-2-1-3-7(4-6)19(16,17)18/h1-5H,(H,16,17,18)(H5,11,12,13,14,15). The summed E-state index contributed by atoms with van der Waals surface area (Å²) in [6.07, 6.45) is 0. The van der Waals surface area contributed by atoms with Gasteiger partial charge >= 0.3 is 0 Å². The number of hydrogen-bond donors (Lipinski definition) is 4. The van der Waals surface area contributed by atoms with Gasteiger partial charge in [0.25, 0.3) is 10.1 Å². The van der Waals surface area contributed by atoms with Crippen molar-refractivity contribution in [3.63, 3.8) is 0 Å². The molecule has 9 heteroatoms. The van der Waals surface area contributed by atoms with Gasteiger partial charge in [0.1, 0.15) is 11.6 Å². The summed E-state index contributed by atoms with van der Waals surface area (Å²) in [7, 11) is -4.26. The van der Waals surface area contributed by atoms with Gasteiger partial charge in [-0.25, -0.2) is 0 Å². The first-order valence-corrected chi connectivity index (χ1v) is 6.53. The van der Waals surface area contributed by atoms with Crippen molar-refractivity contribution in [3.05, 3.63) is 30.3 Å². The molecule has 19 heavy (non-hydrogen) atoms. The van der Waals surface area contributed by atoms with E-state index >= 15 is 0 Å². The van der Waals surface area contributed by atoms with Crippen LogP contribution in [0.25, 0.3) is 0 Å². The van der Waals surface area contributed by atoms with E-state index in [0.29, 0.717) is 11.5 Å². The molecular weight excluding hydrogens is 270 g/mol. The van der Waals surface area contributed by atoms with Crippen molar-refractivity contribution >= 4 is 33.4 Å². The van der Waals surface area contributed by atoms with Crippen LogP contribution in [-0.2, 0) is 10.1 Å². The molecule has 1 aromatic carbocycles. The molecule has 1 aromatic heterocycles. The summed E-state index contributed by atoms with van der Waals surface area (Å²) >= 11 is 0. The highest BCUT2D eigenvalue weighted by molar-refractivity contribution is 7.85. The van der Waals surface area contributed by atoms with Crippen molar-refractivity contribution in [3.8, 4) is 0 Å².